The molecule has 20 heavy (non-hydrogen) atoms. The lowest BCUT2D eigenvalue weighted by Gasteiger charge is -2.24. The van der Waals surface area contributed by atoms with Crippen LogP contribution in [0.25, 0.3) is 0 Å². The molecule has 1 fully saturated rings. The van der Waals surface area contributed by atoms with Crippen LogP contribution in [0.3, 0.4) is 0 Å². The number of ether oxygens (including phenoxy) is 1. The standard InChI is InChI=1S/C15H21FN2O2/c1-15(2,3)20-14(19)18-13-9-17-8-12(13)10-5-4-6-11(16)7-10/h4-7,12-13,17H,8-9H2,1-3H3,(H,18,19). The Hall–Kier alpha value is -1.62. The zero-order chi connectivity index (χ0) is 14.8. The molecule has 110 valence electrons. The van der Waals surface area contributed by atoms with Gasteiger partial charge in [0.2, 0.25) is 0 Å². The minimum absolute atomic E-state index is 0.0539. The molecule has 1 aromatic rings. The first kappa shape index (κ1) is 14.8. The summed E-state index contributed by atoms with van der Waals surface area (Å²) in [6, 6.07) is 6.41. The molecule has 1 aromatic carbocycles. The summed E-state index contributed by atoms with van der Waals surface area (Å²) >= 11 is 0. The molecule has 5 heteroatoms. The molecule has 0 saturated carbocycles. The molecular formula is C15H21FN2O2. The number of amides is 1. The number of nitrogens with one attached hydrogen (secondary N) is 2. The van der Waals surface area contributed by atoms with Crippen molar-refractivity contribution in [2.24, 2.45) is 0 Å². The summed E-state index contributed by atoms with van der Waals surface area (Å²) in [6.45, 7) is 6.83. The van der Waals surface area contributed by atoms with Crippen LogP contribution in [0.1, 0.15) is 32.3 Å². The Kier molecular flexibility index (Phi) is 4.28. The highest BCUT2D eigenvalue weighted by Crippen LogP contribution is 2.23. The van der Waals surface area contributed by atoms with Gasteiger partial charge in [-0.2, -0.15) is 0 Å². The van der Waals surface area contributed by atoms with E-state index in [1.165, 1.54) is 12.1 Å². The molecule has 0 bridgehead atoms. The van der Waals surface area contributed by atoms with Gasteiger partial charge < -0.3 is 15.4 Å². The molecule has 0 spiro atoms. The smallest absolute Gasteiger partial charge is 0.407 e. The predicted octanol–water partition coefficient (Wildman–Crippen LogP) is 2.41. The van der Waals surface area contributed by atoms with E-state index < -0.39 is 11.7 Å². The Bertz CT molecular complexity index is 485. The highest BCUT2D eigenvalue weighted by Gasteiger charge is 2.31. The zero-order valence-corrected chi connectivity index (χ0v) is 12.1. The quantitative estimate of drug-likeness (QED) is 0.874. The van der Waals surface area contributed by atoms with Crippen LogP contribution in [0, 0.1) is 5.82 Å². The van der Waals surface area contributed by atoms with E-state index in [1.54, 1.807) is 6.07 Å². The van der Waals surface area contributed by atoms with Gasteiger partial charge in [-0.3, -0.25) is 0 Å². The average Bonchev–Trinajstić information content (AvgIpc) is 2.74. The second-order valence-corrected chi connectivity index (χ2v) is 6.07. The van der Waals surface area contributed by atoms with Crippen molar-refractivity contribution >= 4 is 6.09 Å². The van der Waals surface area contributed by atoms with Crippen molar-refractivity contribution in [1.29, 1.82) is 0 Å². The van der Waals surface area contributed by atoms with E-state index in [1.807, 2.05) is 26.8 Å². The predicted molar refractivity (Wildman–Crippen MR) is 75.2 cm³/mol. The monoisotopic (exact) mass is 280 g/mol. The van der Waals surface area contributed by atoms with Crippen molar-refractivity contribution in [3.8, 4) is 0 Å². The number of benzene rings is 1. The van der Waals surface area contributed by atoms with Crippen LogP contribution < -0.4 is 10.6 Å². The van der Waals surface area contributed by atoms with Gasteiger partial charge in [0.1, 0.15) is 11.4 Å². The fourth-order valence-corrected chi connectivity index (χ4v) is 2.38. The highest BCUT2D eigenvalue weighted by atomic mass is 19.1. The van der Waals surface area contributed by atoms with Crippen molar-refractivity contribution in [3.63, 3.8) is 0 Å². The SMILES string of the molecule is CC(C)(C)OC(=O)NC1CNCC1c1cccc(F)c1. The third kappa shape index (κ3) is 3.93. The van der Waals surface area contributed by atoms with E-state index in [0.717, 1.165) is 5.56 Å². The Morgan fingerprint density at radius 3 is 2.80 bits per heavy atom. The van der Waals surface area contributed by atoms with E-state index in [-0.39, 0.29) is 17.8 Å². The molecule has 0 radical (unpaired) electrons. The first-order chi connectivity index (χ1) is 9.35. The maximum absolute atomic E-state index is 13.3. The molecule has 2 rings (SSSR count). The van der Waals surface area contributed by atoms with Crippen molar-refractivity contribution in [1.82, 2.24) is 10.6 Å². The van der Waals surface area contributed by atoms with E-state index in [0.29, 0.717) is 13.1 Å². The topological polar surface area (TPSA) is 50.4 Å². The largest absolute Gasteiger partial charge is 0.444 e. The van der Waals surface area contributed by atoms with Crippen LogP contribution in [0.2, 0.25) is 0 Å². The Morgan fingerprint density at radius 1 is 1.40 bits per heavy atom. The van der Waals surface area contributed by atoms with Crippen molar-refractivity contribution in [3.05, 3.63) is 35.6 Å². The average molecular weight is 280 g/mol. The summed E-state index contributed by atoms with van der Waals surface area (Å²) in [5, 5.41) is 6.07. The second-order valence-electron chi connectivity index (χ2n) is 6.07. The Balaban J connectivity index is 2.03. The van der Waals surface area contributed by atoms with Gasteiger partial charge in [0.05, 0.1) is 6.04 Å². The van der Waals surface area contributed by atoms with Crippen LogP contribution >= 0.6 is 0 Å². The molecule has 1 aliphatic rings. The van der Waals surface area contributed by atoms with Gasteiger partial charge in [-0.05, 0) is 38.5 Å². The van der Waals surface area contributed by atoms with E-state index in [2.05, 4.69) is 10.6 Å². The molecule has 0 aliphatic carbocycles. The minimum Gasteiger partial charge on any atom is -0.444 e. The number of carbonyl (C=O) groups is 1. The summed E-state index contributed by atoms with van der Waals surface area (Å²) in [5.74, 6) is -0.205. The van der Waals surface area contributed by atoms with E-state index >= 15 is 0 Å². The van der Waals surface area contributed by atoms with Crippen LogP contribution in [-0.4, -0.2) is 30.8 Å². The molecule has 1 heterocycles. The van der Waals surface area contributed by atoms with Gasteiger partial charge in [-0.1, -0.05) is 12.1 Å². The van der Waals surface area contributed by atoms with Crippen molar-refractivity contribution in [2.45, 2.75) is 38.3 Å². The summed E-state index contributed by atoms with van der Waals surface area (Å²) < 4.78 is 18.6. The summed E-state index contributed by atoms with van der Waals surface area (Å²) in [5.41, 5.74) is 0.362. The van der Waals surface area contributed by atoms with Crippen molar-refractivity contribution < 1.29 is 13.9 Å². The zero-order valence-electron chi connectivity index (χ0n) is 12.1. The Labute approximate surface area is 118 Å². The lowest BCUT2D eigenvalue weighted by Crippen LogP contribution is -2.42. The number of hydrogen-bond acceptors (Lipinski definition) is 3. The van der Waals surface area contributed by atoms with E-state index in [4.69, 9.17) is 4.74 Å². The molecule has 4 nitrogen and oxygen atoms in total. The lowest BCUT2D eigenvalue weighted by molar-refractivity contribution is 0.0504. The van der Waals surface area contributed by atoms with Crippen LogP contribution in [0.5, 0.6) is 0 Å². The number of rotatable bonds is 2. The summed E-state index contributed by atoms with van der Waals surface area (Å²) in [4.78, 5) is 11.8. The minimum atomic E-state index is -0.523. The third-order valence-electron chi connectivity index (χ3n) is 3.19. The van der Waals surface area contributed by atoms with E-state index in [9.17, 15) is 9.18 Å². The van der Waals surface area contributed by atoms with Crippen LogP contribution in [0.15, 0.2) is 24.3 Å². The highest BCUT2D eigenvalue weighted by molar-refractivity contribution is 5.68. The van der Waals surface area contributed by atoms with Gasteiger partial charge in [-0.25, -0.2) is 9.18 Å². The maximum atomic E-state index is 13.3. The second kappa shape index (κ2) is 5.79. The van der Waals surface area contributed by atoms with Crippen molar-refractivity contribution in [2.75, 3.05) is 13.1 Å². The first-order valence-electron chi connectivity index (χ1n) is 6.81. The van der Waals surface area contributed by atoms with Crippen LogP contribution in [0.4, 0.5) is 9.18 Å². The summed E-state index contributed by atoms with van der Waals surface area (Å²) in [7, 11) is 0. The molecule has 1 aliphatic heterocycles. The van der Waals surface area contributed by atoms with Gasteiger partial charge >= 0.3 is 6.09 Å². The number of carbonyl (C=O) groups excluding carboxylic acids is 1. The van der Waals surface area contributed by atoms with Gasteiger partial charge in [0, 0.05) is 19.0 Å². The maximum Gasteiger partial charge on any atom is 0.407 e. The fourth-order valence-electron chi connectivity index (χ4n) is 2.38. The van der Waals surface area contributed by atoms with Crippen LogP contribution in [-0.2, 0) is 4.74 Å². The lowest BCUT2D eigenvalue weighted by atomic mass is 9.94. The molecule has 1 saturated heterocycles. The molecule has 2 unspecified atom stereocenters. The molecule has 1 amide bonds. The number of alkyl carbamates (subject to hydrolysis) is 1. The first-order valence-corrected chi connectivity index (χ1v) is 6.81. The molecule has 0 aromatic heterocycles. The fraction of sp³-hybridized carbons (Fsp3) is 0.533. The molecular weight excluding hydrogens is 259 g/mol. The number of halogens is 1. The number of hydrogen-bond donors (Lipinski definition) is 2. The normalized spacial score (nSPS) is 22.6. The molecule has 2 atom stereocenters. The third-order valence-corrected chi connectivity index (χ3v) is 3.19. The summed E-state index contributed by atoms with van der Waals surface area (Å²) in [6.07, 6.45) is -0.437. The van der Waals surface area contributed by atoms with Gasteiger partial charge in [-0.15, -0.1) is 0 Å². The Morgan fingerprint density at radius 2 is 2.15 bits per heavy atom. The van der Waals surface area contributed by atoms with Gasteiger partial charge in [0.25, 0.3) is 0 Å². The van der Waals surface area contributed by atoms with Gasteiger partial charge in [0.15, 0.2) is 0 Å². The molecule has 2 N–H and O–H groups in total.